The molecule has 4 heteroatoms. The Bertz CT molecular complexity index is 397. The summed E-state index contributed by atoms with van der Waals surface area (Å²) in [6.07, 6.45) is 3.03. The van der Waals surface area contributed by atoms with Gasteiger partial charge in [-0.05, 0) is 24.0 Å². The molecule has 0 aromatic carbocycles. The monoisotopic (exact) mass is 192 g/mol. The lowest BCUT2D eigenvalue weighted by Gasteiger charge is -2.21. The number of hydrogen-bond acceptors (Lipinski definition) is 2. The standard InChI is InChI=1S/C10H12N2O2/c13-9-5-7(1-3-11-9)8-2-4-12-10(14)6-8/h1,3,5,8H,2,4,6H2,(H,11,13)(H,12,14). The number of piperidine rings is 1. The number of aromatic nitrogens is 1. The Morgan fingerprint density at radius 3 is 2.93 bits per heavy atom. The van der Waals surface area contributed by atoms with E-state index in [0.717, 1.165) is 12.0 Å². The van der Waals surface area contributed by atoms with E-state index >= 15 is 0 Å². The van der Waals surface area contributed by atoms with Gasteiger partial charge in [0.25, 0.3) is 0 Å². The molecule has 1 saturated heterocycles. The second kappa shape index (κ2) is 3.65. The first-order valence-corrected chi connectivity index (χ1v) is 4.71. The molecule has 1 aromatic rings. The summed E-state index contributed by atoms with van der Waals surface area (Å²) in [4.78, 5) is 24.8. The van der Waals surface area contributed by atoms with E-state index in [1.54, 1.807) is 12.3 Å². The van der Waals surface area contributed by atoms with E-state index in [1.807, 2.05) is 6.07 Å². The molecule has 0 bridgehead atoms. The van der Waals surface area contributed by atoms with Crippen molar-refractivity contribution in [2.45, 2.75) is 18.8 Å². The summed E-state index contributed by atoms with van der Waals surface area (Å²) in [7, 11) is 0. The van der Waals surface area contributed by atoms with Crippen LogP contribution in [0, 0.1) is 0 Å². The van der Waals surface area contributed by atoms with E-state index in [1.165, 1.54) is 0 Å². The van der Waals surface area contributed by atoms with Crippen molar-refractivity contribution in [1.82, 2.24) is 10.3 Å². The van der Waals surface area contributed by atoms with Gasteiger partial charge in [-0.2, -0.15) is 0 Å². The van der Waals surface area contributed by atoms with Crippen molar-refractivity contribution in [3.8, 4) is 0 Å². The van der Waals surface area contributed by atoms with Crippen LogP contribution in [0.15, 0.2) is 23.1 Å². The molecular formula is C10H12N2O2. The largest absolute Gasteiger partial charge is 0.356 e. The fourth-order valence-electron chi connectivity index (χ4n) is 1.78. The van der Waals surface area contributed by atoms with Crippen molar-refractivity contribution < 1.29 is 4.79 Å². The second-order valence-electron chi connectivity index (χ2n) is 3.53. The van der Waals surface area contributed by atoms with Gasteiger partial charge in [0.1, 0.15) is 0 Å². The van der Waals surface area contributed by atoms with Crippen molar-refractivity contribution in [1.29, 1.82) is 0 Å². The minimum absolute atomic E-state index is 0.0709. The summed E-state index contributed by atoms with van der Waals surface area (Å²) >= 11 is 0. The second-order valence-corrected chi connectivity index (χ2v) is 3.53. The Morgan fingerprint density at radius 2 is 2.21 bits per heavy atom. The normalized spacial score (nSPS) is 21.7. The molecule has 2 rings (SSSR count). The van der Waals surface area contributed by atoms with Crippen molar-refractivity contribution in [2.24, 2.45) is 0 Å². The van der Waals surface area contributed by atoms with Gasteiger partial charge in [0.2, 0.25) is 11.5 Å². The SMILES string of the molecule is O=C1CC(c2cc[nH]c(=O)c2)CCN1. The summed E-state index contributed by atoms with van der Waals surface area (Å²) in [5, 5.41) is 2.77. The van der Waals surface area contributed by atoms with Crippen molar-refractivity contribution in [2.75, 3.05) is 6.54 Å². The Hall–Kier alpha value is -1.58. The first-order valence-electron chi connectivity index (χ1n) is 4.71. The highest BCUT2D eigenvalue weighted by molar-refractivity contribution is 5.77. The molecule has 0 spiro atoms. The number of aromatic amines is 1. The highest BCUT2D eigenvalue weighted by Crippen LogP contribution is 2.23. The smallest absolute Gasteiger partial charge is 0.248 e. The number of carbonyl (C=O) groups excluding carboxylic acids is 1. The maximum absolute atomic E-state index is 11.1. The molecule has 1 aromatic heterocycles. The highest BCUT2D eigenvalue weighted by Gasteiger charge is 2.20. The number of amides is 1. The van der Waals surface area contributed by atoms with E-state index < -0.39 is 0 Å². The minimum Gasteiger partial charge on any atom is -0.356 e. The molecule has 0 radical (unpaired) electrons. The summed E-state index contributed by atoms with van der Waals surface area (Å²) in [5.41, 5.74) is 0.858. The predicted molar refractivity (Wildman–Crippen MR) is 52.0 cm³/mol. The number of pyridine rings is 1. The van der Waals surface area contributed by atoms with Crippen molar-refractivity contribution >= 4 is 5.91 Å². The first kappa shape index (κ1) is 8.99. The number of H-pyrrole nitrogens is 1. The van der Waals surface area contributed by atoms with Gasteiger partial charge in [-0.15, -0.1) is 0 Å². The number of hydrogen-bond donors (Lipinski definition) is 2. The van der Waals surface area contributed by atoms with E-state index in [-0.39, 0.29) is 17.4 Å². The fourth-order valence-corrected chi connectivity index (χ4v) is 1.78. The molecule has 1 aliphatic rings. The van der Waals surface area contributed by atoms with Gasteiger partial charge in [-0.1, -0.05) is 0 Å². The fraction of sp³-hybridized carbons (Fsp3) is 0.400. The molecule has 0 aliphatic carbocycles. The molecule has 1 amide bonds. The third kappa shape index (κ3) is 1.84. The van der Waals surface area contributed by atoms with Gasteiger partial charge in [0.05, 0.1) is 0 Å². The molecule has 2 heterocycles. The van der Waals surface area contributed by atoms with Crippen LogP contribution in [-0.2, 0) is 4.79 Å². The quantitative estimate of drug-likeness (QED) is 0.675. The maximum Gasteiger partial charge on any atom is 0.248 e. The van der Waals surface area contributed by atoms with Crippen LogP contribution >= 0.6 is 0 Å². The van der Waals surface area contributed by atoms with Crippen LogP contribution in [0.1, 0.15) is 24.3 Å². The average molecular weight is 192 g/mol. The van der Waals surface area contributed by atoms with Gasteiger partial charge in [-0.3, -0.25) is 9.59 Å². The third-order valence-electron chi connectivity index (χ3n) is 2.52. The Labute approximate surface area is 81.3 Å². The minimum atomic E-state index is -0.103. The zero-order chi connectivity index (χ0) is 9.97. The van der Waals surface area contributed by atoms with Crippen LogP contribution in [0.2, 0.25) is 0 Å². The van der Waals surface area contributed by atoms with Crippen LogP contribution in [0.3, 0.4) is 0 Å². The van der Waals surface area contributed by atoms with E-state index in [2.05, 4.69) is 10.3 Å². The number of carbonyl (C=O) groups is 1. The zero-order valence-corrected chi connectivity index (χ0v) is 7.75. The van der Waals surface area contributed by atoms with E-state index in [4.69, 9.17) is 0 Å². The summed E-state index contributed by atoms with van der Waals surface area (Å²) in [6.45, 7) is 0.705. The molecule has 74 valence electrons. The average Bonchev–Trinajstić information content (AvgIpc) is 2.18. The molecule has 4 nitrogen and oxygen atoms in total. The van der Waals surface area contributed by atoms with E-state index in [0.29, 0.717) is 13.0 Å². The lowest BCUT2D eigenvalue weighted by molar-refractivity contribution is -0.122. The Morgan fingerprint density at radius 1 is 1.36 bits per heavy atom. The van der Waals surface area contributed by atoms with Gasteiger partial charge in [0.15, 0.2) is 0 Å². The molecule has 1 aliphatic heterocycles. The van der Waals surface area contributed by atoms with Gasteiger partial charge < -0.3 is 10.3 Å². The first-order chi connectivity index (χ1) is 6.75. The van der Waals surface area contributed by atoms with Gasteiger partial charge in [-0.25, -0.2) is 0 Å². The van der Waals surface area contributed by atoms with Crippen LogP contribution < -0.4 is 10.9 Å². The lowest BCUT2D eigenvalue weighted by atomic mass is 9.91. The number of rotatable bonds is 1. The highest BCUT2D eigenvalue weighted by atomic mass is 16.1. The number of nitrogens with one attached hydrogen (secondary N) is 2. The third-order valence-corrected chi connectivity index (χ3v) is 2.52. The van der Waals surface area contributed by atoms with Gasteiger partial charge in [0, 0.05) is 25.2 Å². The molecule has 14 heavy (non-hydrogen) atoms. The van der Waals surface area contributed by atoms with Crippen LogP contribution in [-0.4, -0.2) is 17.4 Å². The maximum atomic E-state index is 11.1. The molecular weight excluding hydrogens is 180 g/mol. The van der Waals surface area contributed by atoms with Crippen molar-refractivity contribution in [3.63, 3.8) is 0 Å². The molecule has 2 N–H and O–H groups in total. The summed E-state index contributed by atoms with van der Waals surface area (Å²) < 4.78 is 0. The van der Waals surface area contributed by atoms with E-state index in [9.17, 15) is 9.59 Å². The Kier molecular flexibility index (Phi) is 2.35. The molecule has 1 fully saturated rings. The summed E-state index contributed by atoms with van der Waals surface area (Å²) in [5.74, 6) is 0.271. The van der Waals surface area contributed by atoms with Crippen LogP contribution in [0.5, 0.6) is 0 Å². The predicted octanol–water partition coefficient (Wildman–Crippen LogP) is 0.368. The molecule has 1 atom stereocenters. The Balaban J connectivity index is 2.22. The van der Waals surface area contributed by atoms with Crippen molar-refractivity contribution in [3.05, 3.63) is 34.2 Å². The van der Waals surface area contributed by atoms with Gasteiger partial charge >= 0.3 is 0 Å². The topological polar surface area (TPSA) is 62.0 Å². The van der Waals surface area contributed by atoms with Crippen LogP contribution in [0.4, 0.5) is 0 Å². The zero-order valence-electron chi connectivity index (χ0n) is 7.75. The van der Waals surface area contributed by atoms with Crippen LogP contribution in [0.25, 0.3) is 0 Å². The lowest BCUT2D eigenvalue weighted by Crippen LogP contribution is -2.32. The summed E-state index contributed by atoms with van der Waals surface area (Å²) in [6, 6.07) is 3.44. The molecule has 0 saturated carbocycles. The molecule has 1 unspecified atom stereocenters.